The van der Waals surface area contributed by atoms with E-state index in [4.69, 9.17) is 9.47 Å². The highest BCUT2D eigenvalue weighted by atomic mass is 16.6. The van der Waals surface area contributed by atoms with E-state index in [0.717, 1.165) is 11.1 Å². The van der Waals surface area contributed by atoms with Crippen LogP contribution in [0, 0.1) is 13.8 Å². The molecule has 1 aliphatic rings. The van der Waals surface area contributed by atoms with Crippen LogP contribution in [0.3, 0.4) is 0 Å². The highest BCUT2D eigenvalue weighted by Crippen LogP contribution is 2.30. The zero-order valence-electron chi connectivity index (χ0n) is 14.2. The van der Waals surface area contributed by atoms with E-state index in [1.165, 1.54) is 0 Å². The van der Waals surface area contributed by atoms with Gasteiger partial charge in [0.25, 0.3) is 0 Å². The summed E-state index contributed by atoms with van der Waals surface area (Å²) < 4.78 is 11.3. The third-order valence-corrected chi connectivity index (χ3v) is 4.03. The smallest absolute Gasteiger partial charge is 0.313 e. The fourth-order valence-corrected chi connectivity index (χ4v) is 2.46. The van der Waals surface area contributed by atoms with Crippen LogP contribution in [0.15, 0.2) is 42.5 Å². The van der Waals surface area contributed by atoms with Crippen LogP contribution in [0.1, 0.15) is 11.1 Å². The predicted molar refractivity (Wildman–Crippen MR) is 93.9 cm³/mol. The first kappa shape index (κ1) is 16.8. The molecule has 1 aliphatic heterocycles. The average molecular weight is 340 g/mol. The van der Waals surface area contributed by atoms with Crippen molar-refractivity contribution in [3.8, 4) is 11.5 Å². The van der Waals surface area contributed by atoms with Crippen molar-refractivity contribution in [3.63, 3.8) is 0 Å². The first-order valence-corrected chi connectivity index (χ1v) is 8.08. The predicted octanol–water partition coefficient (Wildman–Crippen LogP) is 2.20. The maximum absolute atomic E-state index is 12.0. The summed E-state index contributed by atoms with van der Waals surface area (Å²) in [6.45, 7) is 4.44. The van der Waals surface area contributed by atoms with Crippen molar-refractivity contribution in [2.24, 2.45) is 0 Å². The van der Waals surface area contributed by atoms with E-state index >= 15 is 0 Å². The van der Waals surface area contributed by atoms with Crippen LogP contribution in [-0.4, -0.2) is 31.1 Å². The van der Waals surface area contributed by atoms with Gasteiger partial charge in [-0.3, -0.25) is 9.59 Å². The van der Waals surface area contributed by atoms with Gasteiger partial charge in [-0.2, -0.15) is 0 Å². The summed E-state index contributed by atoms with van der Waals surface area (Å²) in [6, 6.07) is 12.8. The maximum atomic E-state index is 12.0. The molecule has 130 valence electrons. The topological polar surface area (TPSA) is 76.7 Å². The fraction of sp³-hybridized carbons (Fsp3) is 0.263. The van der Waals surface area contributed by atoms with Gasteiger partial charge in [-0.05, 0) is 49.2 Å². The fourth-order valence-electron chi connectivity index (χ4n) is 2.46. The van der Waals surface area contributed by atoms with Crippen molar-refractivity contribution in [3.05, 3.63) is 53.6 Å². The minimum absolute atomic E-state index is 0.188. The lowest BCUT2D eigenvalue weighted by atomic mass is 10.1. The van der Waals surface area contributed by atoms with Crippen molar-refractivity contribution in [2.75, 3.05) is 18.5 Å². The van der Waals surface area contributed by atoms with Crippen LogP contribution >= 0.6 is 0 Å². The number of carbonyl (C=O) groups is 2. The number of anilines is 1. The molecule has 0 aromatic heterocycles. The van der Waals surface area contributed by atoms with Crippen molar-refractivity contribution < 1.29 is 19.1 Å². The van der Waals surface area contributed by atoms with E-state index in [9.17, 15) is 9.59 Å². The monoisotopic (exact) mass is 340 g/mol. The molecular weight excluding hydrogens is 320 g/mol. The first-order chi connectivity index (χ1) is 12.0. The largest absolute Gasteiger partial charge is 0.486 e. The van der Waals surface area contributed by atoms with Gasteiger partial charge in [0.2, 0.25) is 0 Å². The molecule has 1 atom stereocenters. The van der Waals surface area contributed by atoms with Gasteiger partial charge in [-0.15, -0.1) is 0 Å². The van der Waals surface area contributed by atoms with Gasteiger partial charge in [-0.25, -0.2) is 0 Å². The van der Waals surface area contributed by atoms with Crippen LogP contribution in [0.2, 0.25) is 0 Å². The first-order valence-electron chi connectivity index (χ1n) is 8.08. The Morgan fingerprint density at radius 1 is 1.04 bits per heavy atom. The van der Waals surface area contributed by atoms with Gasteiger partial charge in [-0.1, -0.05) is 18.2 Å². The molecule has 0 saturated carbocycles. The Kier molecular flexibility index (Phi) is 4.88. The Morgan fingerprint density at radius 3 is 2.56 bits per heavy atom. The standard InChI is InChI=1S/C19H20N2O4/c1-12-7-8-14(9-13(12)2)21-19(23)18(22)20-10-15-11-24-16-5-3-4-6-17(16)25-15/h3-9,15H,10-11H2,1-2H3,(H,20,22)(H,21,23)/t15-/m0/s1. The van der Waals surface area contributed by atoms with E-state index in [0.29, 0.717) is 23.8 Å². The van der Waals surface area contributed by atoms with Crippen LogP contribution in [-0.2, 0) is 9.59 Å². The second kappa shape index (κ2) is 7.25. The zero-order chi connectivity index (χ0) is 17.8. The summed E-state index contributed by atoms with van der Waals surface area (Å²) in [7, 11) is 0. The number of fused-ring (bicyclic) bond motifs is 1. The SMILES string of the molecule is Cc1ccc(NC(=O)C(=O)NC[C@H]2COc3ccccc3O2)cc1C. The molecule has 2 aromatic carbocycles. The summed E-state index contributed by atoms with van der Waals surface area (Å²) in [5.41, 5.74) is 2.76. The summed E-state index contributed by atoms with van der Waals surface area (Å²) in [4.78, 5) is 24.0. The van der Waals surface area contributed by atoms with E-state index < -0.39 is 11.8 Å². The number of rotatable bonds is 3. The molecule has 0 saturated heterocycles. The van der Waals surface area contributed by atoms with E-state index in [1.807, 2.05) is 44.2 Å². The van der Waals surface area contributed by atoms with E-state index in [2.05, 4.69) is 10.6 Å². The third-order valence-electron chi connectivity index (χ3n) is 4.03. The lowest BCUT2D eigenvalue weighted by Gasteiger charge is -2.26. The van der Waals surface area contributed by atoms with Gasteiger partial charge in [0.15, 0.2) is 11.5 Å². The highest BCUT2D eigenvalue weighted by molar-refractivity contribution is 6.39. The molecule has 0 aliphatic carbocycles. The Hall–Kier alpha value is -3.02. The molecule has 0 fully saturated rings. The van der Waals surface area contributed by atoms with Gasteiger partial charge in [0, 0.05) is 5.69 Å². The minimum atomic E-state index is -0.708. The van der Waals surface area contributed by atoms with Crippen LogP contribution < -0.4 is 20.1 Å². The lowest BCUT2D eigenvalue weighted by Crippen LogP contribution is -2.44. The molecule has 0 unspecified atom stereocenters. The maximum Gasteiger partial charge on any atom is 0.313 e. The molecule has 0 spiro atoms. The summed E-state index contributed by atoms with van der Waals surface area (Å²) >= 11 is 0. The second-order valence-electron chi connectivity index (χ2n) is 5.96. The van der Waals surface area contributed by atoms with E-state index in [1.54, 1.807) is 12.1 Å². The average Bonchev–Trinajstić information content (AvgIpc) is 2.62. The number of para-hydroxylation sites is 2. The molecule has 1 heterocycles. The van der Waals surface area contributed by atoms with Gasteiger partial charge < -0.3 is 20.1 Å². The molecule has 3 rings (SSSR count). The normalized spacial score (nSPS) is 15.4. The van der Waals surface area contributed by atoms with Crippen molar-refractivity contribution in [1.29, 1.82) is 0 Å². The highest BCUT2D eigenvalue weighted by Gasteiger charge is 2.22. The molecule has 25 heavy (non-hydrogen) atoms. The summed E-state index contributed by atoms with van der Waals surface area (Å²) in [6.07, 6.45) is -0.340. The third kappa shape index (κ3) is 4.09. The molecule has 0 bridgehead atoms. The van der Waals surface area contributed by atoms with Crippen LogP contribution in [0.25, 0.3) is 0 Å². The molecule has 6 nitrogen and oxygen atoms in total. The Bertz CT molecular complexity index is 804. The minimum Gasteiger partial charge on any atom is -0.486 e. The molecule has 2 aromatic rings. The number of ether oxygens (including phenoxy) is 2. The van der Waals surface area contributed by atoms with Crippen LogP contribution in [0.4, 0.5) is 5.69 Å². The number of aryl methyl sites for hydroxylation is 2. The van der Waals surface area contributed by atoms with Crippen LogP contribution in [0.5, 0.6) is 11.5 Å². The second-order valence-corrected chi connectivity index (χ2v) is 5.96. The number of benzene rings is 2. The van der Waals surface area contributed by atoms with Gasteiger partial charge >= 0.3 is 11.8 Å². The van der Waals surface area contributed by atoms with Crippen molar-refractivity contribution in [2.45, 2.75) is 20.0 Å². The quantitative estimate of drug-likeness (QED) is 0.840. The molecule has 2 N–H and O–H groups in total. The summed E-state index contributed by atoms with van der Waals surface area (Å²) in [5.74, 6) is -0.105. The molecule has 2 amide bonds. The van der Waals surface area contributed by atoms with Crippen molar-refractivity contribution in [1.82, 2.24) is 5.32 Å². The number of hydrogen-bond acceptors (Lipinski definition) is 4. The number of nitrogens with one attached hydrogen (secondary N) is 2. The summed E-state index contributed by atoms with van der Waals surface area (Å²) in [5, 5.41) is 5.16. The molecule has 0 radical (unpaired) electrons. The Balaban J connectivity index is 1.51. The number of carbonyl (C=O) groups excluding carboxylic acids is 2. The Morgan fingerprint density at radius 2 is 1.80 bits per heavy atom. The molecular formula is C19H20N2O4. The number of hydrogen-bond donors (Lipinski definition) is 2. The van der Waals surface area contributed by atoms with Crippen molar-refractivity contribution >= 4 is 17.5 Å². The zero-order valence-corrected chi connectivity index (χ0v) is 14.2. The lowest BCUT2D eigenvalue weighted by molar-refractivity contribution is -0.136. The molecule has 6 heteroatoms. The Labute approximate surface area is 146 Å². The van der Waals surface area contributed by atoms with E-state index in [-0.39, 0.29) is 12.6 Å². The van der Waals surface area contributed by atoms with Gasteiger partial charge in [0.05, 0.1) is 6.54 Å². The number of amides is 2. The van der Waals surface area contributed by atoms with Gasteiger partial charge in [0.1, 0.15) is 12.7 Å².